The number of carbonyl (C=O) groups excluding carboxylic acids is 1. The molecule has 0 aliphatic rings. The first-order valence-corrected chi connectivity index (χ1v) is 10.3. The van der Waals surface area contributed by atoms with Gasteiger partial charge in [-0.2, -0.15) is 5.10 Å². The lowest BCUT2D eigenvalue weighted by atomic mass is 10.3. The lowest BCUT2D eigenvalue weighted by molar-refractivity contribution is -0.117. The fourth-order valence-corrected chi connectivity index (χ4v) is 3.76. The van der Waals surface area contributed by atoms with E-state index in [2.05, 4.69) is 10.4 Å². The molecule has 0 saturated heterocycles. The third-order valence-corrected chi connectivity index (χ3v) is 5.57. The Kier molecular flexibility index (Phi) is 6.08. The molecule has 2 aromatic carbocycles. The van der Waals surface area contributed by atoms with Gasteiger partial charge in [0, 0.05) is 11.8 Å². The zero-order chi connectivity index (χ0) is 20.9. The summed E-state index contributed by atoms with van der Waals surface area (Å²) in [5.74, 6) is 0.153. The van der Waals surface area contributed by atoms with Gasteiger partial charge in [-0.3, -0.25) is 9.59 Å². The molecule has 150 valence electrons. The molecule has 0 bridgehead atoms. The number of anilines is 1. The Morgan fingerprint density at radius 3 is 2.38 bits per heavy atom. The highest BCUT2D eigenvalue weighted by Crippen LogP contribution is 2.18. The molecular formula is C20H19N3O5S. The number of ether oxygens (including phenoxy) is 1. The molecule has 3 rings (SSSR count). The number of rotatable bonds is 7. The van der Waals surface area contributed by atoms with E-state index in [0.717, 1.165) is 16.8 Å². The minimum atomic E-state index is -3.90. The van der Waals surface area contributed by atoms with Gasteiger partial charge < -0.3 is 10.1 Å². The smallest absolute Gasteiger partial charge is 0.267 e. The predicted octanol–water partition coefficient (Wildman–Crippen LogP) is 2.11. The predicted molar refractivity (Wildman–Crippen MR) is 107 cm³/mol. The lowest BCUT2D eigenvalue weighted by Gasteiger charge is -2.09. The van der Waals surface area contributed by atoms with Gasteiger partial charge in [-0.05, 0) is 49.4 Å². The molecule has 8 nitrogen and oxygen atoms in total. The molecule has 0 fully saturated rings. The van der Waals surface area contributed by atoms with E-state index in [1.807, 2.05) is 6.92 Å². The van der Waals surface area contributed by atoms with Crippen LogP contribution in [-0.4, -0.2) is 30.7 Å². The van der Waals surface area contributed by atoms with Crippen LogP contribution >= 0.6 is 0 Å². The zero-order valence-electron chi connectivity index (χ0n) is 15.6. The quantitative estimate of drug-likeness (QED) is 0.636. The number of carbonyl (C=O) groups is 1. The number of sulfone groups is 1. The highest BCUT2D eigenvalue weighted by atomic mass is 32.2. The minimum Gasteiger partial charge on any atom is -0.494 e. The second-order valence-electron chi connectivity index (χ2n) is 5.99. The maximum absolute atomic E-state index is 12.7. The van der Waals surface area contributed by atoms with Crippen molar-refractivity contribution in [1.29, 1.82) is 0 Å². The molecule has 1 heterocycles. The van der Waals surface area contributed by atoms with E-state index in [9.17, 15) is 18.0 Å². The number of aromatic nitrogens is 2. The Balaban J connectivity index is 1.78. The third kappa shape index (κ3) is 4.88. The van der Waals surface area contributed by atoms with Crippen LogP contribution in [0.2, 0.25) is 0 Å². The first-order valence-electron chi connectivity index (χ1n) is 8.81. The van der Waals surface area contributed by atoms with Crippen molar-refractivity contribution in [2.75, 3.05) is 11.9 Å². The average molecular weight is 413 g/mol. The zero-order valence-corrected chi connectivity index (χ0v) is 16.4. The Morgan fingerprint density at radius 1 is 1.03 bits per heavy atom. The van der Waals surface area contributed by atoms with Crippen LogP contribution in [-0.2, 0) is 21.2 Å². The number of nitrogens with zero attached hydrogens (tertiary/aromatic N) is 2. The van der Waals surface area contributed by atoms with E-state index in [1.54, 1.807) is 42.5 Å². The average Bonchev–Trinajstić information content (AvgIpc) is 2.72. The van der Waals surface area contributed by atoms with Gasteiger partial charge in [0.15, 0.2) is 5.03 Å². The van der Waals surface area contributed by atoms with E-state index in [4.69, 9.17) is 4.74 Å². The van der Waals surface area contributed by atoms with Crippen molar-refractivity contribution in [3.63, 3.8) is 0 Å². The van der Waals surface area contributed by atoms with Crippen LogP contribution in [0.5, 0.6) is 5.75 Å². The third-order valence-electron chi connectivity index (χ3n) is 3.91. The Morgan fingerprint density at radius 2 is 1.72 bits per heavy atom. The second-order valence-corrected chi connectivity index (χ2v) is 7.89. The first-order chi connectivity index (χ1) is 13.9. The highest BCUT2D eigenvalue weighted by molar-refractivity contribution is 7.91. The van der Waals surface area contributed by atoms with E-state index >= 15 is 0 Å². The maximum atomic E-state index is 12.7. The van der Waals surface area contributed by atoms with Crippen molar-refractivity contribution in [2.45, 2.75) is 23.4 Å². The number of hydrogen-bond acceptors (Lipinski definition) is 6. The van der Waals surface area contributed by atoms with Crippen LogP contribution in [0.15, 0.2) is 81.4 Å². The van der Waals surface area contributed by atoms with Crippen LogP contribution < -0.4 is 15.6 Å². The molecule has 0 radical (unpaired) electrons. The van der Waals surface area contributed by atoms with Crippen LogP contribution in [0.4, 0.5) is 5.69 Å². The highest BCUT2D eigenvalue weighted by Gasteiger charge is 2.20. The molecule has 0 aliphatic heterocycles. The number of benzene rings is 2. The standard InChI is InChI=1S/C20H19N3O5S/c1-2-28-16-10-8-15(9-11-16)21-18(24)14-23-20(25)13-12-19(22-23)29(26,27)17-6-4-3-5-7-17/h3-13H,2,14H2,1H3,(H,21,24). The summed E-state index contributed by atoms with van der Waals surface area (Å²) in [4.78, 5) is 24.4. The van der Waals surface area contributed by atoms with Gasteiger partial charge in [0.25, 0.3) is 5.56 Å². The molecule has 0 unspecified atom stereocenters. The van der Waals surface area contributed by atoms with E-state index in [0.29, 0.717) is 18.0 Å². The van der Waals surface area contributed by atoms with Gasteiger partial charge in [-0.15, -0.1) is 0 Å². The molecule has 9 heteroatoms. The summed E-state index contributed by atoms with van der Waals surface area (Å²) in [6.07, 6.45) is 0. The molecule has 29 heavy (non-hydrogen) atoms. The summed E-state index contributed by atoms with van der Waals surface area (Å²) in [5.41, 5.74) is -0.0709. The van der Waals surface area contributed by atoms with E-state index in [1.165, 1.54) is 12.1 Å². The van der Waals surface area contributed by atoms with Gasteiger partial charge in [-0.1, -0.05) is 18.2 Å². The first kappa shape index (κ1) is 20.3. The lowest BCUT2D eigenvalue weighted by Crippen LogP contribution is -2.30. The molecule has 1 aromatic heterocycles. The molecule has 0 spiro atoms. The van der Waals surface area contributed by atoms with Crippen LogP contribution in [0.1, 0.15) is 6.92 Å². The monoisotopic (exact) mass is 413 g/mol. The molecule has 0 saturated carbocycles. The molecule has 3 aromatic rings. The van der Waals surface area contributed by atoms with Gasteiger partial charge in [-0.25, -0.2) is 13.1 Å². The number of nitrogens with one attached hydrogen (secondary N) is 1. The van der Waals surface area contributed by atoms with E-state index in [-0.39, 0.29) is 9.92 Å². The summed E-state index contributed by atoms with van der Waals surface area (Å²) in [7, 11) is -3.90. The molecule has 1 amide bonds. The Bertz CT molecular complexity index is 1160. The van der Waals surface area contributed by atoms with Gasteiger partial charge in [0.2, 0.25) is 15.7 Å². The minimum absolute atomic E-state index is 0.0524. The summed E-state index contributed by atoms with van der Waals surface area (Å²) in [5, 5.41) is 6.20. The van der Waals surface area contributed by atoms with Crippen molar-refractivity contribution in [2.24, 2.45) is 0 Å². The number of hydrogen-bond donors (Lipinski definition) is 1. The Labute approximate surface area is 167 Å². The SMILES string of the molecule is CCOc1ccc(NC(=O)Cn2nc(S(=O)(=O)c3ccccc3)ccc2=O)cc1. The maximum Gasteiger partial charge on any atom is 0.267 e. The normalized spacial score (nSPS) is 11.1. The molecular weight excluding hydrogens is 394 g/mol. The van der Waals surface area contributed by atoms with Gasteiger partial charge >= 0.3 is 0 Å². The Hall–Kier alpha value is -3.46. The van der Waals surface area contributed by atoms with Crippen molar-refractivity contribution < 1.29 is 17.9 Å². The largest absolute Gasteiger partial charge is 0.494 e. The fourth-order valence-electron chi connectivity index (χ4n) is 2.54. The molecule has 1 N–H and O–H groups in total. The molecule has 0 aliphatic carbocycles. The second kappa shape index (κ2) is 8.70. The van der Waals surface area contributed by atoms with Crippen molar-refractivity contribution >= 4 is 21.4 Å². The van der Waals surface area contributed by atoms with Gasteiger partial charge in [0.05, 0.1) is 11.5 Å². The summed E-state index contributed by atoms with van der Waals surface area (Å²) in [6, 6.07) is 16.7. The van der Waals surface area contributed by atoms with Gasteiger partial charge in [0.1, 0.15) is 12.3 Å². The topological polar surface area (TPSA) is 107 Å². The van der Waals surface area contributed by atoms with Crippen LogP contribution in [0, 0.1) is 0 Å². The van der Waals surface area contributed by atoms with Crippen molar-refractivity contribution in [3.8, 4) is 5.75 Å². The van der Waals surface area contributed by atoms with Crippen molar-refractivity contribution in [3.05, 3.63) is 77.1 Å². The summed E-state index contributed by atoms with van der Waals surface area (Å²) in [6.45, 7) is 1.97. The van der Waals surface area contributed by atoms with Crippen LogP contribution in [0.25, 0.3) is 0 Å². The molecule has 0 atom stereocenters. The van der Waals surface area contributed by atoms with Crippen molar-refractivity contribution in [1.82, 2.24) is 9.78 Å². The van der Waals surface area contributed by atoms with E-state index < -0.39 is 27.8 Å². The number of amides is 1. The summed E-state index contributed by atoms with van der Waals surface area (Å²) >= 11 is 0. The van der Waals surface area contributed by atoms with Crippen LogP contribution in [0.3, 0.4) is 0 Å². The summed E-state index contributed by atoms with van der Waals surface area (Å²) < 4.78 is 31.5. The fraction of sp³-hybridized carbons (Fsp3) is 0.150.